The van der Waals surface area contributed by atoms with Crippen LogP contribution in [0.2, 0.25) is 0 Å². The smallest absolute Gasteiger partial charge is 0.255 e. The number of amides is 1. The molecular weight excluding hydrogens is 356 g/mol. The van der Waals surface area contributed by atoms with E-state index >= 15 is 0 Å². The molecule has 0 atom stereocenters. The molecule has 6 nitrogen and oxygen atoms in total. The summed E-state index contributed by atoms with van der Waals surface area (Å²) in [5.41, 5.74) is 4.15. The van der Waals surface area contributed by atoms with Crippen LogP contribution in [0.4, 0.5) is 5.69 Å². The highest BCUT2D eigenvalue weighted by Crippen LogP contribution is 2.30. The number of carbonyl (C=O) groups excluding carboxylic acids is 1. The highest BCUT2D eigenvalue weighted by Gasteiger charge is 2.14. The molecule has 0 aliphatic heterocycles. The van der Waals surface area contributed by atoms with Gasteiger partial charge in [-0.2, -0.15) is 0 Å². The minimum Gasteiger partial charge on any atom is -0.493 e. The number of aryl methyl sites for hydroxylation is 3. The summed E-state index contributed by atoms with van der Waals surface area (Å²) in [7, 11) is 1.54. The molecule has 1 heterocycles. The normalized spacial score (nSPS) is 10.6. The van der Waals surface area contributed by atoms with Gasteiger partial charge in [-0.1, -0.05) is 24.2 Å². The minimum atomic E-state index is -0.208. The lowest BCUT2D eigenvalue weighted by Gasteiger charge is -2.12. The van der Waals surface area contributed by atoms with E-state index in [9.17, 15) is 4.79 Å². The SMILES string of the molecule is CCc1ccc(NC(=O)c2ccc(OCc3c(C)noc3C)c(OC)c2)cc1. The van der Waals surface area contributed by atoms with Crippen LogP contribution in [-0.2, 0) is 13.0 Å². The number of aromatic nitrogens is 1. The number of hydrogen-bond acceptors (Lipinski definition) is 5. The predicted octanol–water partition coefficient (Wildman–Crippen LogP) is 4.69. The fraction of sp³-hybridized carbons (Fsp3) is 0.273. The maximum absolute atomic E-state index is 12.6. The van der Waals surface area contributed by atoms with Crippen molar-refractivity contribution < 1.29 is 18.8 Å². The number of methoxy groups -OCH3 is 1. The predicted molar refractivity (Wildman–Crippen MR) is 107 cm³/mol. The molecule has 0 saturated carbocycles. The molecule has 28 heavy (non-hydrogen) atoms. The Hall–Kier alpha value is -3.28. The van der Waals surface area contributed by atoms with Crippen molar-refractivity contribution in [2.75, 3.05) is 12.4 Å². The third-order valence-corrected chi connectivity index (χ3v) is 4.60. The van der Waals surface area contributed by atoms with E-state index in [1.165, 1.54) is 5.56 Å². The van der Waals surface area contributed by atoms with Gasteiger partial charge in [-0.15, -0.1) is 0 Å². The van der Waals surface area contributed by atoms with E-state index in [2.05, 4.69) is 17.4 Å². The molecule has 0 spiro atoms. The second kappa shape index (κ2) is 8.61. The van der Waals surface area contributed by atoms with Crippen LogP contribution in [0.5, 0.6) is 11.5 Å². The van der Waals surface area contributed by atoms with E-state index in [-0.39, 0.29) is 5.91 Å². The Bertz CT molecular complexity index is 942. The summed E-state index contributed by atoms with van der Waals surface area (Å²) in [5.74, 6) is 1.55. The zero-order valence-electron chi connectivity index (χ0n) is 16.5. The third-order valence-electron chi connectivity index (χ3n) is 4.60. The van der Waals surface area contributed by atoms with Gasteiger partial charge in [0.1, 0.15) is 12.4 Å². The van der Waals surface area contributed by atoms with E-state index in [1.807, 2.05) is 38.1 Å². The molecule has 0 radical (unpaired) electrons. The van der Waals surface area contributed by atoms with E-state index in [1.54, 1.807) is 25.3 Å². The fourth-order valence-corrected chi connectivity index (χ4v) is 2.81. The molecule has 0 aliphatic carbocycles. The van der Waals surface area contributed by atoms with Gasteiger partial charge in [0.15, 0.2) is 11.5 Å². The van der Waals surface area contributed by atoms with Gasteiger partial charge in [-0.3, -0.25) is 4.79 Å². The number of anilines is 1. The minimum absolute atomic E-state index is 0.208. The molecule has 2 aromatic carbocycles. The van der Waals surface area contributed by atoms with E-state index in [0.717, 1.165) is 29.1 Å². The highest BCUT2D eigenvalue weighted by atomic mass is 16.5. The number of rotatable bonds is 7. The second-order valence-electron chi connectivity index (χ2n) is 6.46. The zero-order chi connectivity index (χ0) is 20.1. The molecule has 3 rings (SSSR count). The van der Waals surface area contributed by atoms with Gasteiger partial charge < -0.3 is 19.3 Å². The Morgan fingerprint density at radius 1 is 1.11 bits per heavy atom. The molecule has 0 unspecified atom stereocenters. The van der Waals surface area contributed by atoms with E-state index in [4.69, 9.17) is 14.0 Å². The van der Waals surface area contributed by atoms with Gasteiger partial charge >= 0.3 is 0 Å². The van der Waals surface area contributed by atoms with Crippen LogP contribution in [0.15, 0.2) is 47.0 Å². The van der Waals surface area contributed by atoms with Gasteiger partial charge in [0.05, 0.1) is 18.4 Å². The first-order valence-electron chi connectivity index (χ1n) is 9.14. The first-order chi connectivity index (χ1) is 13.5. The summed E-state index contributed by atoms with van der Waals surface area (Å²) in [4.78, 5) is 12.6. The summed E-state index contributed by atoms with van der Waals surface area (Å²) in [5, 5.41) is 6.81. The van der Waals surface area contributed by atoms with Gasteiger partial charge in [0.25, 0.3) is 5.91 Å². The largest absolute Gasteiger partial charge is 0.493 e. The topological polar surface area (TPSA) is 73.6 Å². The van der Waals surface area contributed by atoms with Crippen LogP contribution >= 0.6 is 0 Å². The number of benzene rings is 2. The van der Waals surface area contributed by atoms with Crippen molar-refractivity contribution in [2.45, 2.75) is 33.8 Å². The average molecular weight is 380 g/mol. The number of carbonyl (C=O) groups is 1. The van der Waals surface area contributed by atoms with Gasteiger partial charge in [0.2, 0.25) is 0 Å². The zero-order valence-corrected chi connectivity index (χ0v) is 16.5. The van der Waals surface area contributed by atoms with Crippen LogP contribution in [0.1, 0.15) is 39.9 Å². The summed E-state index contributed by atoms with van der Waals surface area (Å²) in [6.07, 6.45) is 0.959. The number of nitrogens with one attached hydrogen (secondary N) is 1. The number of hydrogen-bond donors (Lipinski definition) is 1. The molecule has 1 N–H and O–H groups in total. The Kier molecular flexibility index (Phi) is 5.99. The summed E-state index contributed by atoms with van der Waals surface area (Å²) in [6.45, 7) is 6.12. The van der Waals surface area contributed by atoms with Crippen molar-refractivity contribution in [3.8, 4) is 11.5 Å². The lowest BCUT2D eigenvalue weighted by Crippen LogP contribution is -2.12. The summed E-state index contributed by atoms with van der Waals surface area (Å²) < 4.78 is 16.4. The van der Waals surface area contributed by atoms with Crippen LogP contribution in [-0.4, -0.2) is 18.2 Å². The third kappa shape index (κ3) is 4.34. The summed E-state index contributed by atoms with van der Waals surface area (Å²) >= 11 is 0. The molecule has 3 aromatic rings. The maximum Gasteiger partial charge on any atom is 0.255 e. The van der Waals surface area contributed by atoms with Crippen LogP contribution in [0, 0.1) is 13.8 Å². The van der Waals surface area contributed by atoms with Gasteiger partial charge in [-0.05, 0) is 56.2 Å². The molecule has 146 valence electrons. The van der Waals surface area contributed by atoms with Crippen molar-refractivity contribution in [1.82, 2.24) is 5.16 Å². The maximum atomic E-state index is 12.6. The fourth-order valence-electron chi connectivity index (χ4n) is 2.81. The Morgan fingerprint density at radius 2 is 1.86 bits per heavy atom. The molecule has 1 aromatic heterocycles. The van der Waals surface area contributed by atoms with Crippen LogP contribution < -0.4 is 14.8 Å². The van der Waals surface area contributed by atoms with Crippen LogP contribution in [0.3, 0.4) is 0 Å². The standard InChI is InChI=1S/C22H24N2O4/c1-5-16-6-9-18(10-7-16)23-22(25)17-8-11-20(21(12-17)26-4)27-13-19-14(2)24-28-15(19)3/h6-12H,5,13H2,1-4H3,(H,23,25). The molecule has 0 bridgehead atoms. The van der Waals surface area contributed by atoms with E-state index < -0.39 is 0 Å². The molecular formula is C22H24N2O4. The first kappa shape index (κ1) is 19.5. The lowest BCUT2D eigenvalue weighted by molar-refractivity contribution is 0.102. The molecule has 6 heteroatoms. The summed E-state index contributed by atoms with van der Waals surface area (Å²) in [6, 6.07) is 12.9. The number of ether oxygens (including phenoxy) is 2. The highest BCUT2D eigenvalue weighted by molar-refractivity contribution is 6.04. The van der Waals surface area contributed by atoms with Crippen molar-refractivity contribution in [3.63, 3.8) is 0 Å². The molecule has 0 aliphatic rings. The Labute approximate surface area is 164 Å². The Balaban J connectivity index is 1.71. The van der Waals surface area contributed by atoms with E-state index in [0.29, 0.717) is 23.7 Å². The molecule has 0 fully saturated rings. The van der Waals surface area contributed by atoms with Crippen LogP contribution in [0.25, 0.3) is 0 Å². The van der Waals surface area contributed by atoms with Gasteiger partial charge in [-0.25, -0.2) is 0 Å². The Morgan fingerprint density at radius 3 is 2.46 bits per heavy atom. The molecule has 1 amide bonds. The first-order valence-corrected chi connectivity index (χ1v) is 9.14. The average Bonchev–Trinajstić information content (AvgIpc) is 3.04. The quantitative estimate of drug-likeness (QED) is 0.643. The lowest BCUT2D eigenvalue weighted by atomic mass is 10.1. The van der Waals surface area contributed by atoms with Crippen molar-refractivity contribution in [3.05, 3.63) is 70.6 Å². The van der Waals surface area contributed by atoms with Crippen molar-refractivity contribution in [2.24, 2.45) is 0 Å². The molecule has 0 saturated heterocycles. The van der Waals surface area contributed by atoms with Crippen molar-refractivity contribution in [1.29, 1.82) is 0 Å². The van der Waals surface area contributed by atoms with Gasteiger partial charge in [0, 0.05) is 11.3 Å². The second-order valence-corrected chi connectivity index (χ2v) is 6.46. The van der Waals surface area contributed by atoms with Crippen molar-refractivity contribution >= 4 is 11.6 Å². The number of nitrogens with zero attached hydrogens (tertiary/aromatic N) is 1. The monoisotopic (exact) mass is 380 g/mol.